The van der Waals surface area contributed by atoms with Crippen molar-refractivity contribution in [3.8, 4) is 0 Å². The second kappa shape index (κ2) is 5.87. The average Bonchev–Trinajstić information content (AvgIpc) is 3.03. The van der Waals surface area contributed by atoms with Gasteiger partial charge in [0.25, 0.3) is 5.91 Å². The first-order chi connectivity index (χ1) is 9.97. The number of nitrogens with zero attached hydrogens (tertiary/aromatic N) is 2. The molecular weight excluding hydrogens is 272 g/mol. The molecule has 0 aromatic carbocycles. The third-order valence-corrected chi connectivity index (χ3v) is 4.28. The van der Waals surface area contributed by atoms with Crippen LogP contribution in [0.1, 0.15) is 61.3 Å². The zero-order chi connectivity index (χ0) is 15.6. The molecule has 1 fully saturated rings. The maximum atomic E-state index is 12.9. The van der Waals surface area contributed by atoms with Crippen LogP contribution in [0.25, 0.3) is 0 Å². The molecule has 0 radical (unpaired) electrons. The van der Waals surface area contributed by atoms with Crippen LogP contribution in [0.4, 0.5) is 0 Å². The second-order valence-corrected chi connectivity index (χ2v) is 5.56. The van der Waals surface area contributed by atoms with Crippen LogP contribution in [0.2, 0.25) is 0 Å². The fourth-order valence-corrected chi connectivity index (χ4v) is 3.25. The number of aryl methyl sites for hydroxylation is 2. The number of carbonyl (C=O) groups excluding carboxylic acids is 1. The maximum Gasteiger partial charge on any atom is 0.329 e. The van der Waals surface area contributed by atoms with Gasteiger partial charge in [-0.3, -0.25) is 4.79 Å². The fourth-order valence-electron chi connectivity index (χ4n) is 3.25. The van der Waals surface area contributed by atoms with Crippen molar-refractivity contribution in [3.63, 3.8) is 0 Å². The van der Waals surface area contributed by atoms with Crippen molar-refractivity contribution in [2.24, 2.45) is 0 Å². The molecule has 6 nitrogen and oxygen atoms in total. The van der Waals surface area contributed by atoms with Gasteiger partial charge in [0, 0.05) is 6.54 Å². The van der Waals surface area contributed by atoms with Crippen LogP contribution in [0.15, 0.2) is 4.52 Å². The van der Waals surface area contributed by atoms with E-state index in [1.54, 1.807) is 6.92 Å². The van der Waals surface area contributed by atoms with E-state index in [0.717, 1.165) is 6.42 Å². The first-order valence-electron chi connectivity index (χ1n) is 7.48. The zero-order valence-corrected chi connectivity index (χ0v) is 12.8. The van der Waals surface area contributed by atoms with E-state index in [9.17, 15) is 14.7 Å². The molecule has 1 N–H and O–H groups in total. The van der Waals surface area contributed by atoms with E-state index in [-0.39, 0.29) is 5.91 Å². The summed E-state index contributed by atoms with van der Waals surface area (Å²) < 4.78 is 5.11. The van der Waals surface area contributed by atoms with Gasteiger partial charge in [-0.25, -0.2) is 4.79 Å². The molecule has 1 saturated heterocycles. The smallest absolute Gasteiger partial charge is 0.329 e. The molecule has 1 aliphatic heterocycles. The van der Waals surface area contributed by atoms with Crippen LogP contribution in [-0.4, -0.2) is 39.1 Å². The zero-order valence-electron chi connectivity index (χ0n) is 12.8. The molecule has 21 heavy (non-hydrogen) atoms. The lowest BCUT2D eigenvalue weighted by atomic mass is 9.90. The van der Waals surface area contributed by atoms with Crippen molar-refractivity contribution in [1.29, 1.82) is 0 Å². The van der Waals surface area contributed by atoms with Crippen molar-refractivity contribution in [3.05, 3.63) is 17.0 Å². The van der Waals surface area contributed by atoms with Gasteiger partial charge in [0.1, 0.15) is 16.9 Å². The number of rotatable bonds is 5. The number of carboxylic acids is 1. The fraction of sp³-hybridized carbons (Fsp3) is 0.667. The van der Waals surface area contributed by atoms with Gasteiger partial charge in [0.2, 0.25) is 0 Å². The van der Waals surface area contributed by atoms with E-state index >= 15 is 0 Å². The van der Waals surface area contributed by atoms with Crippen molar-refractivity contribution < 1.29 is 19.2 Å². The van der Waals surface area contributed by atoms with Gasteiger partial charge in [0.05, 0.1) is 5.69 Å². The van der Waals surface area contributed by atoms with Crippen molar-refractivity contribution in [1.82, 2.24) is 10.1 Å². The minimum absolute atomic E-state index is 0.265. The summed E-state index contributed by atoms with van der Waals surface area (Å²) >= 11 is 0. The highest BCUT2D eigenvalue weighted by Crippen LogP contribution is 2.36. The van der Waals surface area contributed by atoms with Gasteiger partial charge < -0.3 is 14.5 Å². The minimum Gasteiger partial charge on any atom is -0.479 e. The molecule has 0 spiro atoms. The van der Waals surface area contributed by atoms with E-state index in [0.29, 0.717) is 49.2 Å². The maximum absolute atomic E-state index is 12.9. The molecule has 2 rings (SSSR count). The lowest BCUT2D eigenvalue weighted by molar-refractivity contribution is -0.148. The Labute approximate surface area is 124 Å². The molecule has 1 aliphatic rings. The Balaban J connectivity index is 2.41. The first kappa shape index (κ1) is 15.5. The predicted octanol–water partition coefficient (Wildman–Crippen LogP) is 2.40. The number of likely N-dealkylation sites (tertiary alicyclic amines) is 1. The van der Waals surface area contributed by atoms with Crippen molar-refractivity contribution in [2.75, 3.05) is 6.54 Å². The van der Waals surface area contributed by atoms with Gasteiger partial charge in [-0.1, -0.05) is 25.4 Å². The highest BCUT2D eigenvalue weighted by Gasteiger charge is 2.50. The van der Waals surface area contributed by atoms with Crippen molar-refractivity contribution >= 4 is 11.9 Å². The van der Waals surface area contributed by atoms with E-state index < -0.39 is 11.5 Å². The number of carboxylic acid groups (broad SMARTS) is 1. The van der Waals surface area contributed by atoms with Crippen LogP contribution in [-0.2, 0) is 11.2 Å². The predicted molar refractivity (Wildman–Crippen MR) is 76.2 cm³/mol. The van der Waals surface area contributed by atoms with Crippen LogP contribution in [0.3, 0.4) is 0 Å². The van der Waals surface area contributed by atoms with E-state index in [1.807, 2.05) is 13.8 Å². The second-order valence-electron chi connectivity index (χ2n) is 5.56. The van der Waals surface area contributed by atoms with Crippen LogP contribution < -0.4 is 0 Å². The summed E-state index contributed by atoms with van der Waals surface area (Å²) in [6.07, 6.45) is 3.00. The highest BCUT2D eigenvalue weighted by atomic mass is 16.5. The SMILES string of the molecule is CCCC1(C(=O)O)CCCN1C(=O)c1c(CC)noc1C. The lowest BCUT2D eigenvalue weighted by Gasteiger charge is -2.34. The molecule has 1 aromatic heterocycles. The summed E-state index contributed by atoms with van der Waals surface area (Å²) in [5.74, 6) is -0.721. The summed E-state index contributed by atoms with van der Waals surface area (Å²) in [4.78, 5) is 26.2. The average molecular weight is 294 g/mol. The Morgan fingerprint density at radius 3 is 2.71 bits per heavy atom. The number of hydrogen-bond acceptors (Lipinski definition) is 4. The summed E-state index contributed by atoms with van der Waals surface area (Å²) in [6, 6.07) is 0. The number of aliphatic carboxylic acids is 1. The standard InChI is InChI=1S/C15H22N2O4/c1-4-7-15(14(19)20)8-6-9-17(15)13(18)12-10(3)21-16-11(12)5-2/h4-9H2,1-3H3,(H,19,20). The molecule has 0 saturated carbocycles. The number of hydrogen-bond donors (Lipinski definition) is 1. The third kappa shape index (κ3) is 2.43. The Hall–Kier alpha value is -1.85. The third-order valence-electron chi connectivity index (χ3n) is 4.28. The molecule has 0 bridgehead atoms. The molecule has 6 heteroatoms. The topological polar surface area (TPSA) is 83.6 Å². The van der Waals surface area contributed by atoms with Crippen LogP contribution >= 0.6 is 0 Å². The van der Waals surface area contributed by atoms with Gasteiger partial charge in [-0.15, -0.1) is 0 Å². The normalized spacial score (nSPS) is 21.8. The van der Waals surface area contributed by atoms with Crippen LogP contribution in [0, 0.1) is 6.92 Å². The van der Waals surface area contributed by atoms with Gasteiger partial charge >= 0.3 is 5.97 Å². The molecule has 116 valence electrons. The number of carbonyl (C=O) groups is 2. The molecule has 0 aliphatic carbocycles. The number of amides is 1. The van der Waals surface area contributed by atoms with Gasteiger partial charge in [-0.05, 0) is 32.6 Å². The highest BCUT2D eigenvalue weighted by molar-refractivity contribution is 5.99. The van der Waals surface area contributed by atoms with E-state index in [4.69, 9.17) is 4.52 Å². The Kier molecular flexibility index (Phi) is 4.34. The Morgan fingerprint density at radius 1 is 1.43 bits per heavy atom. The van der Waals surface area contributed by atoms with Gasteiger partial charge in [0.15, 0.2) is 0 Å². The quantitative estimate of drug-likeness (QED) is 0.901. The van der Waals surface area contributed by atoms with Crippen LogP contribution in [0.5, 0.6) is 0 Å². The summed E-state index contributed by atoms with van der Waals surface area (Å²) in [7, 11) is 0. The molecule has 1 aromatic rings. The molecule has 1 amide bonds. The minimum atomic E-state index is -1.08. The molecule has 1 atom stereocenters. The summed E-state index contributed by atoms with van der Waals surface area (Å²) in [6.45, 7) is 6.00. The lowest BCUT2D eigenvalue weighted by Crippen LogP contribution is -2.53. The molecule has 2 heterocycles. The Bertz CT molecular complexity index is 552. The number of aromatic nitrogens is 1. The molecule has 1 unspecified atom stereocenters. The van der Waals surface area contributed by atoms with E-state index in [2.05, 4.69) is 5.16 Å². The van der Waals surface area contributed by atoms with Gasteiger partial charge in [-0.2, -0.15) is 0 Å². The summed E-state index contributed by atoms with van der Waals surface area (Å²) in [5, 5.41) is 13.6. The Morgan fingerprint density at radius 2 is 2.14 bits per heavy atom. The summed E-state index contributed by atoms with van der Waals surface area (Å²) in [5.41, 5.74) is -0.0538. The molecular formula is C15H22N2O4. The largest absolute Gasteiger partial charge is 0.479 e. The first-order valence-corrected chi connectivity index (χ1v) is 7.48. The van der Waals surface area contributed by atoms with E-state index in [1.165, 1.54) is 4.90 Å². The monoisotopic (exact) mass is 294 g/mol. The van der Waals surface area contributed by atoms with Crippen molar-refractivity contribution in [2.45, 2.75) is 58.4 Å².